The maximum atomic E-state index is 3.90. The molecule has 0 aliphatic heterocycles. The molecule has 0 saturated carbocycles. The normalized spacial score (nSPS) is 10.2. The molecule has 1 heteroatoms. The Morgan fingerprint density at radius 2 is 2.25 bits per heavy atom. The molecule has 0 N–H and O–H groups in total. The lowest BCUT2D eigenvalue weighted by Gasteiger charge is -2.00. The van der Waals surface area contributed by atoms with Crippen molar-refractivity contribution < 1.29 is 0 Å². The van der Waals surface area contributed by atoms with Crippen LogP contribution < -0.4 is 0 Å². The van der Waals surface area contributed by atoms with Crippen LogP contribution in [0, 0.1) is 6.92 Å². The molecule has 0 bridgehead atoms. The molecule has 0 fully saturated rings. The summed E-state index contributed by atoms with van der Waals surface area (Å²) in [6, 6.07) is 8.38. The smallest absolute Gasteiger partial charge is 0.00746 e. The van der Waals surface area contributed by atoms with Crippen LogP contribution >= 0.6 is 11.8 Å². The van der Waals surface area contributed by atoms with Gasteiger partial charge in [0, 0.05) is 4.90 Å². The second-order valence-corrected chi connectivity index (χ2v) is 4.02. The number of hydrogen-bond donors (Lipinski definition) is 0. The van der Waals surface area contributed by atoms with E-state index in [1.807, 2.05) is 17.8 Å². The predicted molar refractivity (Wildman–Crippen MR) is 56.5 cm³/mol. The van der Waals surface area contributed by atoms with Gasteiger partial charge in [0.1, 0.15) is 0 Å². The summed E-state index contributed by atoms with van der Waals surface area (Å²) >= 11 is 1.92. The standard InChI is InChI=1S/C11H15S/c1-3-4-8-12-11-7-5-6-10(2)9-11/h5-7,9H,2-4,8H2,1H3. The second-order valence-electron chi connectivity index (χ2n) is 2.85. The maximum Gasteiger partial charge on any atom is 0.00746 e. The third-order valence-corrected chi connectivity index (χ3v) is 2.75. The van der Waals surface area contributed by atoms with E-state index in [1.165, 1.54) is 23.5 Å². The van der Waals surface area contributed by atoms with Gasteiger partial charge in [-0.1, -0.05) is 25.5 Å². The van der Waals surface area contributed by atoms with Crippen LogP contribution in [0.2, 0.25) is 0 Å². The Hall–Kier alpha value is -0.430. The molecule has 1 aromatic carbocycles. The van der Waals surface area contributed by atoms with Crippen molar-refractivity contribution in [2.24, 2.45) is 0 Å². The first-order valence-corrected chi connectivity index (χ1v) is 5.36. The minimum Gasteiger partial charge on any atom is -0.126 e. The first kappa shape index (κ1) is 9.66. The van der Waals surface area contributed by atoms with Gasteiger partial charge in [-0.05, 0) is 36.8 Å². The van der Waals surface area contributed by atoms with Crippen LogP contribution in [0.4, 0.5) is 0 Å². The van der Waals surface area contributed by atoms with E-state index >= 15 is 0 Å². The lowest BCUT2D eigenvalue weighted by atomic mass is 10.2. The molecular formula is C11H15S. The third kappa shape index (κ3) is 3.31. The van der Waals surface area contributed by atoms with E-state index in [0.29, 0.717) is 0 Å². The Labute approximate surface area is 79.4 Å². The van der Waals surface area contributed by atoms with Crippen molar-refractivity contribution in [1.82, 2.24) is 0 Å². The summed E-state index contributed by atoms with van der Waals surface area (Å²) in [5.41, 5.74) is 1.11. The summed E-state index contributed by atoms with van der Waals surface area (Å²) in [7, 11) is 0. The van der Waals surface area contributed by atoms with Crippen LogP contribution in [0.25, 0.3) is 0 Å². The van der Waals surface area contributed by atoms with Gasteiger partial charge in [-0.2, -0.15) is 0 Å². The van der Waals surface area contributed by atoms with Crippen LogP contribution in [0.15, 0.2) is 29.2 Å². The van der Waals surface area contributed by atoms with E-state index in [9.17, 15) is 0 Å². The van der Waals surface area contributed by atoms with Gasteiger partial charge in [0.15, 0.2) is 0 Å². The molecule has 0 spiro atoms. The molecule has 0 aliphatic rings. The van der Waals surface area contributed by atoms with E-state index in [-0.39, 0.29) is 0 Å². The van der Waals surface area contributed by atoms with E-state index in [4.69, 9.17) is 0 Å². The first-order valence-electron chi connectivity index (χ1n) is 4.37. The highest BCUT2D eigenvalue weighted by Gasteiger charge is 1.92. The molecule has 0 saturated heterocycles. The molecule has 0 amide bonds. The van der Waals surface area contributed by atoms with Crippen molar-refractivity contribution in [3.63, 3.8) is 0 Å². The van der Waals surface area contributed by atoms with Crippen molar-refractivity contribution in [1.29, 1.82) is 0 Å². The fraction of sp³-hybridized carbons (Fsp3) is 0.364. The zero-order valence-corrected chi connectivity index (χ0v) is 8.36. The molecular weight excluding hydrogens is 164 g/mol. The Balaban J connectivity index is 2.41. The van der Waals surface area contributed by atoms with E-state index < -0.39 is 0 Å². The van der Waals surface area contributed by atoms with Crippen LogP contribution in [0.3, 0.4) is 0 Å². The fourth-order valence-electron chi connectivity index (χ4n) is 0.970. The third-order valence-electron chi connectivity index (χ3n) is 1.67. The zero-order valence-electron chi connectivity index (χ0n) is 7.55. The van der Waals surface area contributed by atoms with E-state index in [2.05, 4.69) is 32.0 Å². The number of thioether (sulfide) groups is 1. The minimum atomic E-state index is 1.11. The van der Waals surface area contributed by atoms with Gasteiger partial charge >= 0.3 is 0 Å². The van der Waals surface area contributed by atoms with Gasteiger partial charge in [0.25, 0.3) is 0 Å². The van der Waals surface area contributed by atoms with Crippen LogP contribution in [0.5, 0.6) is 0 Å². The highest BCUT2D eigenvalue weighted by Crippen LogP contribution is 2.19. The SMILES string of the molecule is [CH2]c1cccc(SCCCC)c1. The highest BCUT2D eigenvalue weighted by atomic mass is 32.2. The van der Waals surface area contributed by atoms with Crippen LogP contribution in [-0.4, -0.2) is 5.75 Å². The van der Waals surface area contributed by atoms with Crippen molar-refractivity contribution in [3.8, 4) is 0 Å². The minimum absolute atomic E-state index is 1.11. The molecule has 0 nitrogen and oxygen atoms in total. The Morgan fingerprint density at radius 3 is 2.92 bits per heavy atom. The highest BCUT2D eigenvalue weighted by molar-refractivity contribution is 7.99. The molecule has 1 rings (SSSR count). The number of rotatable bonds is 4. The summed E-state index contributed by atoms with van der Waals surface area (Å²) in [5.74, 6) is 1.22. The largest absolute Gasteiger partial charge is 0.126 e. The number of unbranched alkanes of at least 4 members (excludes halogenated alkanes) is 1. The summed E-state index contributed by atoms with van der Waals surface area (Å²) in [4.78, 5) is 1.34. The molecule has 65 valence electrons. The molecule has 0 aromatic heterocycles. The molecule has 12 heavy (non-hydrogen) atoms. The van der Waals surface area contributed by atoms with Crippen LogP contribution in [-0.2, 0) is 0 Å². The molecule has 1 aromatic rings. The Morgan fingerprint density at radius 1 is 1.42 bits per heavy atom. The maximum absolute atomic E-state index is 3.90. The number of benzene rings is 1. The topological polar surface area (TPSA) is 0 Å². The predicted octanol–water partition coefficient (Wildman–Crippen LogP) is 3.76. The van der Waals surface area contributed by atoms with Gasteiger partial charge < -0.3 is 0 Å². The van der Waals surface area contributed by atoms with Crippen molar-refractivity contribution in [2.45, 2.75) is 24.7 Å². The summed E-state index contributed by atoms with van der Waals surface area (Å²) in [6.07, 6.45) is 2.57. The number of hydrogen-bond acceptors (Lipinski definition) is 1. The lowest BCUT2D eigenvalue weighted by Crippen LogP contribution is -1.79. The van der Waals surface area contributed by atoms with Gasteiger partial charge in [-0.3, -0.25) is 0 Å². The average molecular weight is 179 g/mol. The van der Waals surface area contributed by atoms with E-state index in [0.717, 1.165) is 5.56 Å². The van der Waals surface area contributed by atoms with Crippen molar-refractivity contribution >= 4 is 11.8 Å². The second kappa shape index (κ2) is 5.26. The van der Waals surface area contributed by atoms with Gasteiger partial charge in [-0.25, -0.2) is 0 Å². The quantitative estimate of drug-likeness (QED) is 0.501. The molecule has 0 unspecified atom stereocenters. The van der Waals surface area contributed by atoms with Crippen molar-refractivity contribution in [3.05, 3.63) is 36.8 Å². The average Bonchev–Trinajstić information content (AvgIpc) is 2.05. The summed E-state index contributed by atoms with van der Waals surface area (Å²) in [5, 5.41) is 0. The summed E-state index contributed by atoms with van der Waals surface area (Å²) < 4.78 is 0. The molecule has 0 atom stereocenters. The Kier molecular flexibility index (Phi) is 4.23. The zero-order chi connectivity index (χ0) is 8.81. The van der Waals surface area contributed by atoms with E-state index in [1.54, 1.807) is 0 Å². The summed E-state index contributed by atoms with van der Waals surface area (Å²) in [6.45, 7) is 6.12. The monoisotopic (exact) mass is 179 g/mol. The Bertz CT molecular complexity index is 230. The van der Waals surface area contributed by atoms with Crippen LogP contribution in [0.1, 0.15) is 25.3 Å². The van der Waals surface area contributed by atoms with Gasteiger partial charge in [-0.15, -0.1) is 11.8 Å². The lowest BCUT2D eigenvalue weighted by molar-refractivity contribution is 0.896. The first-order chi connectivity index (χ1) is 5.83. The van der Waals surface area contributed by atoms with Gasteiger partial charge in [0.2, 0.25) is 0 Å². The molecule has 0 heterocycles. The van der Waals surface area contributed by atoms with Crippen molar-refractivity contribution in [2.75, 3.05) is 5.75 Å². The van der Waals surface area contributed by atoms with Gasteiger partial charge in [0.05, 0.1) is 0 Å². The molecule has 0 aliphatic carbocycles. The fourth-order valence-corrected chi connectivity index (χ4v) is 2.05. The molecule has 1 radical (unpaired) electrons.